The van der Waals surface area contributed by atoms with Gasteiger partial charge in [-0.1, -0.05) is 90.6 Å². The van der Waals surface area contributed by atoms with Crippen LogP contribution in [0.4, 0.5) is 0 Å². The Kier molecular flexibility index (Phi) is 13.2. The highest BCUT2D eigenvalue weighted by Crippen LogP contribution is 2.32. The van der Waals surface area contributed by atoms with E-state index in [0.717, 1.165) is 56.9 Å². The van der Waals surface area contributed by atoms with Crippen LogP contribution in [0.5, 0.6) is 0 Å². The zero-order valence-electron chi connectivity index (χ0n) is 20.6. The maximum absolute atomic E-state index is 13.0. The fraction of sp³-hybridized carbons (Fsp3) is 0.704. The molecule has 0 saturated heterocycles. The van der Waals surface area contributed by atoms with Gasteiger partial charge in [0.25, 0.3) is 0 Å². The molecule has 4 nitrogen and oxygen atoms in total. The van der Waals surface area contributed by atoms with E-state index in [-0.39, 0.29) is 35.8 Å². The molecule has 0 aliphatic rings. The molecule has 4 heteroatoms. The monoisotopic (exact) mass is 432 g/mol. The second kappa shape index (κ2) is 15.0. The largest absolute Gasteiger partial charge is 0.462 e. The lowest BCUT2D eigenvalue weighted by Gasteiger charge is -2.31. The molecule has 1 aromatic carbocycles. The van der Waals surface area contributed by atoms with E-state index in [9.17, 15) is 9.59 Å². The van der Waals surface area contributed by atoms with Gasteiger partial charge in [-0.15, -0.1) is 0 Å². The normalized spacial score (nSPS) is 14.3. The number of carbonyl (C=O) groups excluding carboxylic acids is 2. The molecule has 0 heterocycles. The molecule has 0 saturated carbocycles. The first-order chi connectivity index (χ1) is 14.9. The van der Waals surface area contributed by atoms with Gasteiger partial charge in [0.2, 0.25) is 0 Å². The number of hydrogen-bond donors (Lipinski definition) is 0. The van der Waals surface area contributed by atoms with Crippen LogP contribution in [-0.4, -0.2) is 18.0 Å². The fourth-order valence-electron chi connectivity index (χ4n) is 4.13. The van der Waals surface area contributed by atoms with Gasteiger partial charge in [-0.05, 0) is 38.2 Å². The average molecular weight is 433 g/mol. The van der Waals surface area contributed by atoms with Gasteiger partial charge < -0.3 is 9.47 Å². The maximum Gasteiger partial charge on any atom is 0.309 e. The van der Waals surface area contributed by atoms with Crippen LogP contribution in [0.25, 0.3) is 0 Å². The van der Waals surface area contributed by atoms with E-state index >= 15 is 0 Å². The highest BCUT2D eigenvalue weighted by Gasteiger charge is 2.33. The molecular weight excluding hydrogens is 388 g/mol. The molecule has 0 aromatic heterocycles. The van der Waals surface area contributed by atoms with Crippen LogP contribution in [0.1, 0.15) is 105 Å². The van der Waals surface area contributed by atoms with Crippen LogP contribution in [-0.2, 0) is 19.1 Å². The Hall–Kier alpha value is -1.84. The Labute approximate surface area is 190 Å². The van der Waals surface area contributed by atoms with Crippen LogP contribution >= 0.6 is 0 Å². The number of esters is 2. The molecule has 0 radical (unpaired) electrons. The number of carbonyl (C=O) groups is 2. The zero-order valence-corrected chi connectivity index (χ0v) is 20.6. The van der Waals surface area contributed by atoms with Gasteiger partial charge >= 0.3 is 11.9 Å². The molecule has 0 amide bonds. The molecule has 3 unspecified atom stereocenters. The Balaban J connectivity index is 2.99. The summed E-state index contributed by atoms with van der Waals surface area (Å²) in [4.78, 5) is 25.8. The van der Waals surface area contributed by atoms with E-state index in [1.54, 1.807) is 0 Å². The van der Waals surface area contributed by atoms with Crippen LogP contribution in [0.15, 0.2) is 30.3 Å². The third-order valence-corrected chi connectivity index (χ3v) is 6.11. The summed E-state index contributed by atoms with van der Waals surface area (Å²) in [5, 5.41) is 0. The summed E-state index contributed by atoms with van der Waals surface area (Å²) >= 11 is 0. The molecule has 0 aliphatic carbocycles. The van der Waals surface area contributed by atoms with Gasteiger partial charge in [0.1, 0.15) is 12.2 Å². The van der Waals surface area contributed by atoms with Crippen molar-refractivity contribution in [3.8, 4) is 0 Å². The van der Waals surface area contributed by atoms with E-state index < -0.39 is 6.10 Å². The average Bonchev–Trinajstić information content (AvgIpc) is 2.77. The van der Waals surface area contributed by atoms with Gasteiger partial charge in [-0.2, -0.15) is 0 Å². The van der Waals surface area contributed by atoms with Crippen molar-refractivity contribution in [1.82, 2.24) is 0 Å². The predicted molar refractivity (Wildman–Crippen MR) is 127 cm³/mol. The van der Waals surface area contributed by atoms with Gasteiger partial charge in [0.05, 0.1) is 11.8 Å². The summed E-state index contributed by atoms with van der Waals surface area (Å²) in [5.41, 5.74) is 0.941. The van der Waals surface area contributed by atoms with Crippen LogP contribution in [0.2, 0.25) is 0 Å². The predicted octanol–water partition coefficient (Wildman–Crippen LogP) is 7.27. The molecular formula is C27H44O4. The molecule has 1 aromatic rings. The molecule has 0 spiro atoms. The standard InChI is InChI=1S/C27H44O4/c1-7-14-23(15-8-2)26(28)30-21(6)20(5)25(22-18-12-11-13-19-22)31-27(29)24(16-9-3)17-10-4/h11-13,18-21,23-25H,7-10,14-17H2,1-6H3. The summed E-state index contributed by atoms with van der Waals surface area (Å²) in [6.45, 7) is 12.3. The molecule has 176 valence electrons. The van der Waals surface area contributed by atoms with E-state index in [0.29, 0.717) is 0 Å². The first kappa shape index (κ1) is 27.2. The highest BCUT2D eigenvalue weighted by atomic mass is 16.6. The Morgan fingerprint density at radius 1 is 0.710 bits per heavy atom. The number of rotatable bonds is 15. The van der Waals surface area contributed by atoms with Crippen molar-refractivity contribution < 1.29 is 19.1 Å². The molecule has 0 bridgehead atoms. The molecule has 1 rings (SSSR count). The van der Waals surface area contributed by atoms with E-state index in [2.05, 4.69) is 27.7 Å². The van der Waals surface area contributed by atoms with Crippen molar-refractivity contribution in [3.05, 3.63) is 35.9 Å². The molecule has 0 aliphatic heterocycles. The van der Waals surface area contributed by atoms with E-state index in [4.69, 9.17) is 9.47 Å². The lowest BCUT2D eigenvalue weighted by atomic mass is 9.92. The number of ether oxygens (including phenoxy) is 2. The Morgan fingerprint density at radius 2 is 1.13 bits per heavy atom. The minimum atomic E-state index is -0.441. The van der Waals surface area contributed by atoms with Crippen molar-refractivity contribution in [1.29, 1.82) is 0 Å². The van der Waals surface area contributed by atoms with Gasteiger partial charge in [0, 0.05) is 5.92 Å². The van der Waals surface area contributed by atoms with Crippen LogP contribution < -0.4 is 0 Å². The third kappa shape index (κ3) is 9.04. The molecule has 0 N–H and O–H groups in total. The second-order valence-corrected chi connectivity index (χ2v) is 8.82. The first-order valence-electron chi connectivity index (χ1n) is 12.3. The summed E-state index contributed by atoms with van der Waals surface area (Å²) in [6.07, 6.45) is 6.41. The van der Waals surface area contributed by atoms with E-state index in [1.165, 1.54) is 0 Å². The molecule has 31 heavy (non-hydrogen) atoms. The van der Waals surface area contributed by atoms with Crippen LogP contribution in [0, 0.1) is 17.8 Å². The summed E-state index contributed by atoms with van der Waals surface area (Å²) in [6, 6.07) is 9.82. The highest BCUT2D eigenvalue weighted by molar-refractivity contribution is 5.73. The lowest BCUT2D eigenvalue weighted by Crippen LogP contribution is -2.33. The van der Waals surface area contributed by atoms with Crippen molar-refractivity contribution in [2.45, 2.75) is 105 Å². The SMILES string of the molecule is CCCC(CCC)C(=O)OC(C)C(C)C(OC(=O)C(CCC)CCC)c1ccccc1. The van der Waals surface area contributed by atoms with Gasteiger partial charge in [-0.3, -0.25) is 9.59 Å². The molecule has 3 atom stereocenters. The fourth-order valence-corrected chi connectivity index (χ4v) is 4.13. The number of hydrogen-bond acceptors (Lipinski definition) is 4. The van der Waals surface area contributed by atoms with Crippen molar-refractivity contribution >= 4 is 11.9 Å². The van der Waals surface area contributed by atoms with E-state index in [1.807, 2.05) is 44.2 Å². The van der Waals surface area contributed by atoms with Crippen molar-refractivity contribution in [3.63, 3.8) is 0 Å². The first-order valence-corrected chi connectivity index (χ1v) is 12.3. The quantitative estimate of drug-likeness (QED) is 0.273. The van der Waals surface area contributed by atoms with Gasteiger partial charge in [-0.25, -0.2) is 0 Å². The molecule has 0 fully saturated rings. The third-order valence-electron chi connectivity index (χ3n) is 6.11. The smallest absolute Gasteiger partial charge is 0.309 e. The van der Waals surface area contributed by atoms with Crippen molar-refractivity contribution in [2.75, 3.05) is 0 Å². The van der Waals surface area contributed by atoms with Crippen LogP contribution in [0.3, 0.4) is 0 Å². The summed E-state index contributed by atoms with van der Waals surface area (Å²) < 4.78 is 12.0. The Morgan fingerprint density at radius 3 is 1.55 bits per heavy atom. The van der Waals surface area contributed by atoms with Crippen molar-refractivity contribution in [2.24, 2.45) is 17.8 Å². The number of benzene rings is 1. The zero-order chi connectivity index (χ0) is 23.2. The maximum atomic E-state index is 13.0. The summed E-state index contributed by atoms with van der Waals surface area (Å²) in [5.74, 6) is -0.553. The minimum Gasteiger partial charge on any atom is -0.462 e. The van der Waals surface area contributed by atoms with Gasteiger partial charge in [0.15, 0.2) is 0 Å². The lowest BCUT2D eigenvalue weighted by molar-refractivity contribution is -0.166. The topological polar surface area (TPSA) is 52.6 Å². The minimum absolute atomic E-state index is 0.0548. The summed E-state index contributed by atoms with van der Waals surface area (Å²) in [7, 11) is 0. The second-order valence-electron chi connectivity index (χ2n) is 8.82. The Bertz CT molecular complexity index is 615.